The summed E-state index contributed by atoms with van der Waals surface area (Å²) in [5.74, 6) is -3.83. The summed E-state index contributed by atoms with van der Waals surface area (Å²) >= 11 is 0. The predicted octanol–water partition coefficient (Wildman–Crippen LogP) is 1.05. The van der Waals surface area contributed by atoms with Crippen LogP contribution in [0.2, 0.25) is 0 Å². The number of rotatable bonds is 7. The largest absolute Gasteiger partial charge is 0.481 e. The molecular weight excluding hydrogens is 216 g/mol. The molecule has 0 spiro atoms. The van der Waals surface area contributed by atoms with Crippen LogP contribution in [0, 0.1) is 11.3 Å². The highest BCUT2D eigenvalue weighted by Gasteiger charge is 2.36. The Bertz CT molecular complexity index is 280. The van der Waals surface area contributed by atoms with Crippen molar-refractivity contribution in [1.29, 1.82) is 0 Å². The van der Waals surface area contributed by atoms with Crippen LogP contribution < -0.4 is 0 Å². The van der Waals surface area contributed by atoms with Crippen LogP contribution in [-0.2, 0) is 14.4 Å². The molecule has 1 atom stereocenters. The minimum Gasteiger partial charge on any atom is -0.481 e. The van der Waals surface area contributed by atoms with E-state index in [-0.39, 0.29) is 19.3 Å². The first-order valence-electron chi connectivity index (χ1n) is 4.83. The Labute approximate surface area is 92.9 Å². The van der Waals surface area contributed by atoms with Crippen LogP contribution in [0.4, 0.5) is 0 Å². The number of carboxylic acids is 3. The maximum absolute atomic E-state index is 10.6. The minimum atomic E-state index is -1.12. The molecule has 3 N–H and O–H groups in total. The molecule has 0 aliphatic rings. The van der Waals surface area contributed by atoms with Gasteiger partial charge in [-0.05, 0) is 11.3 Å². The molecule has 6 heteroatoms. The van der Waals surface area contributed by atoms with Crippen molar-refractivity contribution in [3.63, 3.8) is 0 Å². The Morgan fingerprint density at radius 1 is 1.00 bits per heavy atom. The Balaban J connectivity index is 4.82. The van der Waals surface area contributed by atoms with Crippen LogP contribution >= 0.6 is 0 Å². The van der Waals surface area contributed by atoms with E-state index in [0.29, 0.717) is 0 Å². The van der Waals surface area contributed by atoms with Crippen molar-refractivity contribution < 1.29 is 29.7 Å². The van der Waals surface area contributed by atoms with Gasteiger partial charge in [-0.15, -0.1) is 0 Å². The van der Waals surface area contributed by atoms with Crippen LogP contribution in [0.1, 0.15) is 33.1 Å². The van der Waals surface area contributed by atoms with Crippen molar-refractivity contribution in [2.75, 3.05) is 0 Å². The number of carboxylic acid groups (broad SMARTS) is 3. The summed E-state index contributed by atoms with van der Waals surface area (Å²) in [5.41, 5.74) is -1.05. The molecule has 0 saturated carbocycles. The quantitative estimate of drug-likeness (QED) is 0.604. The third-order valence-corrected chi connectivity index (χ3v) is 2.78. The molecule has 0 aromatic heterocycles. The van der Waals surface area contributed by atoms with Crippen molar-refractivity contribution in [2.24, 2.45) is 11.3 Å². The van der Waals surface area contributed by atoms with Crippen LogP contribution in [0.25, 0.3) is 0 Å². The fourth-order valence-corrected chi connectivity index (χ4v) is 1.61. The summed E-state index contributed by atoms with van der Waals surface area (Å²) in [5, 5.41) is 26.0. The lowest BCUT2D eigenvalue weighted by molar-refractivity contribution is -0.148. The topological polar surface area (TPSA) is 112 Å². The molecule has 16 heavy (non-hydrogen) atoms. The number of hydrogen-bond donors (Lipinski definition) is 3. The van der Waals surface area contributed by atoms with E-state index in [9.17, 15) is 14.4 Å². The lowest BCUT2D eigenvalue weighted by Gasteiger charge is -2.32. The first kappa shape index (κ1) is 14.4. The number of carbonyl (C=O) groups is 3. The maximum atomic E-state index is 10.6. The van der Waals surface area contributed by atoms with Crippen molar-refractivity contribution in [1.82, 2.24) is 0 Å². The predicted molar refractivity (Wildman–Crippen MR) is 54.0 cm³/mol. The molecule has 0 heterocycles. The van der Waals surface area contributed by atoms with Gasteiger partial charge in [-0.3, -0.25) is 14.4 Å². The van der Waals surface area contributed by atoms with Gasteiger partial charge in [-0.25, -0.2) is 0 Å². The smallest absolute Gasteiger partial charge is 0.303 e. The average molecular weight is 232 g/mol. The Morgan fingerprint density at radius 2 is 1.38 bits per heavy atom. The van der Waals surface area contributed by atoms with Gasteiger partial charge in [0.1, 0.15) is 0 Å². The molecule has 0 fully saturated rings. The van der Waals surface area contributed by atoms with E-state index in [1.165, 1.54) is 6.92 Å². The summed E-state index contributed by atoms with van der Waals surface area (Å²) < 4.78 is 0. The van der Waals surface area contributed by atoms with Crippen molar-refractivity contribution in [2.45, 2.75) is 33.1 Å². The van der Waals surface area contributed by atoms with E-state index in [1.54, 1.807) is 6.92 Å². The fraction of sp³-hybridized carbons (Fsp3) is 0.700. The molecule has 0 rings (SSSR count). The maximum Gasteiger partial charge on any atom is 0.303 e. The molecule has 92 valence electrons. The highest BCUT2D eigenvalue weighted by Crippen LogP contribution is 2.37. The van der Waals surface area contributed by atoms with Crippen molar-refractivity contribution >= 4 is 17.9 Å². The van der Waals surface area contributed by atoms with Gasteiger partial charge in [0.05, 0.1) is 12.8 Å². The molecule has 0 radical (unpaired) electrons. The number of hydrogen-bond acceptors (Lipinski definition) is 3. The van der Waals surface area contributed by atoms with Gasteiger partial charge in [0.15, 0.2) is 0 Å². The first-order chi connectivity index (χ1) is 7.17. The zero-order valence-electron chi connectivity index (χ0n) is 9.27. The molecular formula is C10H16O6. The van der Waals surface area contributed by atoms with E-state index >= 15 is 0 Å². The summed E-state index contributed by atoms with van der Waals surface area (Å²) in [6, 6.07) is 0. The molecule has 0 saturated heterocycles. The first-order valence-corrected chi connectivity index (χ1v) is 4.83. The summed E-state index contributed by atoms with van der Waals surface area (Å²) in [4.78, 5) is 31.8. The molecule has 0 aliphatic carbocycles. The molecule has 0 amide bonds. The second-order valence-electron chi connectivity index (χ2n) is 4.29. The van der Waals surface area contributed by atoms with E-state index in [4.69, 9.17) is 15.3 Å². The second kappa shape index (κ2) is 5.48. The monoisotopic (exact) mass is 232 g/mol. The van der Waals surface area contributed by atoms with E-state index in [0.717, 1.165) is 0 Å². The van der Waals surface area contributed by atoms with Crippen LogP contribution in [0.3, 0.4) is 0 Å². The van der Waals surface area contributed by atoms with Gasteiger partial charge >= 0.3 is 17.9 Å². The third-order valence-electron chi connectivity index (χ3n) is 2.78. The summed E-state index contributed by atoms with van der Waals surface area (Å²) in [7, 11) is 0. The standard InChI is InChI=1S/C10H16O6/c1-6(3-7(11)12)10(2,4-8(13)14)5-9(15)16/h6H,3-5H2,1-2H3,(H,11,12)(H,13,14)(H,15,16). The van der Waals surface area contributed by atoms with Gasteiger partial charge in [0, 0.05) is 6.42 Å². The second-order valence-corrected chi connectivity index (χ2v) is 4.29. The lowest BCUT2D eigenvalue weighted by atomic mass is 9.71. The van der Waals surface area contributed by atoms with E-state index in [2.05, 4.69) is 0 Å². The Hall–Kier alpha value is -1.59. The molecule has 0 aliphatic heterocycles. The van der Waals surface area contributed by atoms with Gasteiger partial charge in [0.2, 0.25) is 0 Å². The molecule has 6 nitrogen and oxygen atoms in total. The Kier molecular flexibility index (Phi) is 4.94. The van der Waals surface area contributed by atoms with Gasteiger partial charge in [0.25, 0.3) is 0 Å². The highest BCUT2D eigenvalue weighted by atomic mass is 16.4. The number of aliphatic carboxylic acids is 3. The normalized spacial score (nSPS) is 13.1. The van der Waals surface area contributed by atoms with Crippen LogP contribution in [0.5, 0.6) is 0 Å². The van der Waals surface area contributed by atoms with E-state index in [1.807, 2.05) is 0 Å². The minimum absolute atomic E-state index is 0.239. The zero-order valence-corrected chi connectivity index (χ0v) is 9.27. The third kappa shape index (κ3) is 4.77. The molecule has 0 aromatic carbocycles. The zero-order chi connectivity index (χ0) is 12.9. The van der Waals surface area contributed by atoms with Gasteiger partial charge < -0.3 is 15.3 Å². The summed E-state index contributed by atoms with van der Waals surface area (Å²) in [6.07, 6.45) is -0.946. The molecule has 1 unspecified atom stereocenters. The van der Waals surface area contributed by atoms with Crippen LogP contribution in [-0.4, -0.2) is 33.2 Å². The lowest BCUT2D eigenvalue weighted by Crippen LogP contribution is -2.32. The Morgan fingerprint density at radius 3 is 1.62 bits per heavy atom. The van der Waals surface area contributed by atoms with Crippen molar-refractivity contribution in [3.8, 4) is 0 Å². The van der Waals surface area contributed by atoms with Gasteiger partial charge in [-0.2, -0.15) is 0 Å². The molecule has 0 aromatic rings. The summed E-state index contributed by atoms with van der Waals surface area (Å²) in [6.45, 7) is 3.04. The molecule has 0 bridgehead atoms. The van der Waals surface area contributed by atoms with Crippen LogP contribution in [0.15, 0.2) is 0 Å². The van der Waals surface area contributed by atoms with Crippen molar-refractivity contribution in [3.05, 3.63) is 0 Å². The van der Waals surface area contributed by atoms with Gasteiger partial charge in [-0.1, -0.05) is 13.8 Å². The SMILES string of the molecule is CC(CC(=O)O)C(C)(CC(=O)O)CC(=O)O. The fourth-order valence-electron chi connectivity index (χ4n) is 1.61. The average Bonchev–Trinajstić information content (AvgIpc) is 1.98. The highest BCUT2D eigenvalue weighted by molar-refractivity contribution is 5.72. The van der Waals surface area contributed by atoms with E-state index < -0.39 is 29.2 Å².